The molecule has 5 atom stereocenters. The molecule has 2 aliphatic carbocycles. The predicted octanol–water partition coefficient (Wildman–Crippen LogP) is 5.03. The number of para-hydroxylation sites is 2. The van der Waals surface area contributed by atoms with Gasteiger partial charge in [0.2, 0.25) is 21.8 Å². The van der Waals surface area contributed by atoms with E-state index in [2.05, 4.69) is 10.0 Å². The Balaban J connectivity index is 1.22. The first-order valence-corrected chi connectivity index (χ1v) is 20.6. The SMILES string of the molecule is CC(C)n1c(O[C@@H]2C[C@H]3C(=O)C[C@]4(C(=O)NS(=O)(=O)C5(C)CC5)C[C@@H]4/C=C\CCCCC[C@H](Nc4ccccc4)C(=O)N3C2)nc2c(C(N)=O)cccc21. The van der Waals surface area contributed by atoms with Crippen LogP contribution < -0.4 is 20.5 Å². The lowest BCUT2D eigenvalue weighted by Crippen LogP contribution is -2.49. The highest BCUT2D eigenvalue weighted by molar-refractivity contribution is 7.91. The zero-order valence-electron chi connectivity index (χ0n) is 31.1. The maximum absolute atomic E-state index is 14.7. The molecule has 0 radical (unpaired) electrons. The summed E-state index contributed by atoms with van der Waals surface area (Å²) in [6.45, 7) is 5.63. The van der Waals surface area contributed by atoms with Crippen LogP contribution in [0.25, 0.3) is 11.0 Å². The molecule has 4 N–H and O–H groups in total. The predicted molar refractivity (Wildman–Crippen MR) is 204 cm³/mol. The lowest BCUT2D eigenvalue weighted by molar-refractivity contribution is -0.139. The second-order valence-electron chi connectivity index (χ2n) is 16.0. The van der Waals surface area contributed by atoms with E-state index in [4.69, 9.17) is 15.5 Å². The Morgan fingerprint density at radius 2 is 1.80 bits per heavy atom. The average Bonchev–Trinajstić information content (AvgIpc) is 3.95. The number of sulfonamides is 1. The zero-order valence-corrected chi connectivity index (χ0v) is 31.9. The van der Waals surface area contributed by atoms with Crippen molar-refractivity contribution in [3.8, 4) is 6.01 Å². The number of rotatable bonds is 9. The van der Waals surface area contributed by atoms with Crippen LogP contribution in [0.4, 0.5) is 5.69 Å². The molecule has 288 valence electrons. The van der Waals surface area contributed by atoms with Gasteiger partial charge in [-0.2, -0.15) is 4.98 Å². The zero-order chi connectivity index (χ0) is 38.4. The number of imidazole rings is 1. The summed E-state index contributed by atoms with van der Waals surface area (Å²) in [6, 6.07) is 13.2. The van der Waals surface area contributed by atoms with Gasteiger partial charge in [-0.1, -0.05) is 49.3 Å². The van der Waals surface area contributed by atoms with E-state index in [1.54, 1.807) is 24.0 Å². The summed E-state index contributed by atoms with van der Waals surface area (Å²) in [6.07, 6.45) is 8.41. The maximum Gasteiger partial charge on any atom is 0.297 e. The molecule has 54 heavy (non-hydrogen) atoms. The van der Waals surface area contributed by atoms with Gasteiger partial charge in [-0.05, 0) is 89.5 Å². The van der Waals surface area contributed by atoms with E-state index < -0.39 is 50.2 Å². The molecule has 7 rings (SSSR count). The molecule has 2 aliphatic heterocycles. The average molecular weight is 759 g/mol. The molecule has 13 nitrogen and oxygen atoms in total. The number of anilines is 1. The number of aromatic nitrogens is 2. The van der Waals surface area contributed by atoms with Crippen molar-refractivity contribution in [2.24, 2.45) is 17.1 Å². The molecule has 2 aromatic carbocycles. The van der Waals surface area contributed by atoms with Crippen LogP contribution in [-0.2, 0) is 24.4 Å². The van der Waals surface area contributed by atoms with Crippen LogP contribution in [0, 0.1) is 11.3 Å². The van der Waals surface area contributed by atoms with Gasteiger partial charge in [0.05, 0.1) is 33.8 Å². The molecule has 14 heteroatoms. The fraction of sp³-hybridized carbons (Fsp3) is 0.525. The third-order valence-electron chi connectivity index (χ3n) is 11.7. The van der Waals surface area contributed by atoms with Crippen LogP contribution in [-0.4, -0.2) is 75.9 Å². The van der Waals surface area contributed by atoms with Crippen molar-refractivity contribution >= 4 is 50.2 Å². The summed E-state index contributed by atoms with van der Waals surface area (Å²) in [5.41, 5.74) is 6.55. The van der Waals surface area contributed by atoms with Crippen molar-refractivity contribution in [2.75, 3.05) is 11.9 Å². The van der Waals surface area contributed by atoms with E-state index >= 15 is 0 Å². The second kappa shape index (κ2) is 14.5. The molecule has 0 bridgehead atoms. The Hall–Kier alpha value is -4.72. The number of ether oxygens (including phenoxy) is 1. The maximum atomic E-state index is 14.7. The molecular weight excluding hydrogens is 709 g/mol. The van der Waals surface area contributed by atoms with Crippen molar-refractivity contribution in [2.45, 2.75) is 114 Å². The first-order chi connectivity index (χ1) is 25.7. The molecule has 4 aliphatic rings. The topological polar surface area (TPSA) is 183 Å². The minimum absolute atomic E-state index is 0.0848. The van der Waals surface area contributed by atoms with Gasteiger partial charge < -0.3 is 20.7 Å². The van der Waals surface area contributed by atoms with Crippen LogP contribution in [0.5, 0.6) is 6.01 Å². The summed E-state index contributed by atoms with van der Waals surface area (Å²) in [4.78, 5) is 61.8. The standard InChI is InChI=1S/C40H50N6O7S/c1-25(2)46-31-18-12-16-29(35(41)48)34(31)43-38(46)53-28-21-32-33(47)23-40(37(50)44-54(51,52)39(3)19-20-39)22-26(40)13-8-5-4-6-11-17-30(36(49)45(32)24-28)42-27-14-9-7-10-15-27/h7-10,12-16,18,25-26,28,30,32,42H,4-6,11,17,19-24H2,1-3H3,(H2,41,48)(H,44,50)/b13-8-/t26-,28+,30-,32-,40+/m0/s1. The number of hydrogen-bond donors (Lipinski definition) is 3. The van der Waals surface area contributed by atoms with E-state index in [-0.39, 0.29) is 54.6 Å². The summed E-state index contributed by atoms with van der Waals surface area (Å²) in [7, 11) is -3.93. The second-order valence-corrected chi connectivity index (χ2v) is 18.2. The molecule has 0 unspecified atom stereocenters. The number of hydrogen-bond acceptors (Lipinski definition) is 9. The van der Waals surface area contributed by atoms with E-state index in [0.717, 1.165) is 31.4 Å². The van der Waals surface area contributed by atoms with Crippen molar-refractivity contribution in [1.29, 1.82) is 0 Å². The molecule has 1 saturated heterocycles. The van der Waals surface area contributed by atoms with Crippen LogP contribution in [0.2, 0.25) is 0 Å². The number of nitrogens with one attached hydrogen (secondary N) is 2. The van der Waals surface area contributed by atoms with Gasteiger partial charge in [0.25, 0.3) is 11.9 Å². The highest BCUT2D eigenvalue weighted by Gasteiger charge is 2.62. The lowest BCUT2D eigenvalue weighted by atomic mass is 9.91. The molecule has 1 aromatic heterocycles. The number of nitrogens with zero attached hydrogens (tertiary/aromatic N) is 3. The number of amides is 3. The van der Waals surface area contributed by atoms with Crippen molar-refractivity contribution in [3.05, 3.63) is 66.2 Å². The van der Waals surface area contributed by atoms with Crippen molar-refractivity contribution < 1.29 is 32.3 Å². The molecule has 2 saturated carbocycles. The van der Waals surface area contributed by atoms with Gasteiger partial charge in [-0.15, -0.1) is 0 Å². The fourth-order valence-electron chi connectivity index (χ4n) is 8.05. The third-order valence-corrected chi connectivity index (χ3v) is 13.9. The van der Waals surface area contributed by atoms with Crippen molar-refractivity contribution in [3.63, 3.8) is 0 Å². The quantitative estimate of drug-likeness (QED) is 0.252. The van der Waals surface area contributed by atoms with Crippen LogP contribution in [0.15, 0.2) is 60.7 Å². The molecule has 0 spiro atoms. The van der Waals surface area contributed by atoms with Gasteiger partial charge in [-0.3, -0.25) is 28.5 Å². The van der Waals surface area contributed by atoms with Gasteiger partial charge in [0.1, 0.15) is 17.7 Å². The first kappa shape index (κ1) is 37.6. The molecule has 3 amide bonds. The Kier molecular flexibility index (Phi) is 10.1. The number of nitrogens with two attached hydrogens (primary N) is 1. The Bertz CT molecular complexity index is 2090. The number of allylic oxidation sites excluding steroid dienone is 2. The largest absolute Gasteiger partial charge is 0.459 e. The Morgan fingerprint density at radius 1 is 1.04 bits per heavy atom. The third kappa shape index (κ3) is 7.24. The monoisotopic (exact) mass is 758 g/mol. The first-order valence-electron chi connectivity index (χ1n) is 19.1. The van der Waals surface area contributed by atoms with Crippen molar-refractivity contribution in [1.82, 2.24) is 19.2 Å². The summed E-state index contributed by atoms with van der Waals surface area (Å²) >= 11 is 0. The fourth-order valence-corrected chi connectivity index (χ4v) is 9.38. The summed E-state index contributed by atoms with van der Waals surface area (Å²) in [5, 5.41) is 3.41. The highest BCUT2D eigenvalue weighted by atomic mass is 32.2. The molecule has 3 aromatic rings. The van der Waals surface area contributed by atoms with E-state index in [1.165, 1.54) is 0 Å². The van der Waals surface area contributed by atoms with Crippen LogP contribution in [0.1, 0.15) is 101 Å². The highest BCUT2D eigenvalue weighted by Crippen LogP contribution is 2.57. The number of ketones is 1. The van der Waals surface area contributed by atoms with E-state index in [0.29, 0.717) is 36.7 Å². The van der Waals surface area contributed by atoms with Gasteiger partial charge in [0, 0.05) is 24.6 Å². The van der Waals surface area contributed by atoms with Crippen LogP contribution in [0.3, 0.4) is 0 Å². The van der Waals surface area contributed by atoms with Crippen LogP contribution >= 0.6 is 0 Å². The van der Waals surface area contributed by atoms with E-state index in [9.17, 15) is 27.6 Å². The lowest BCUT2D eigenvalue weighted by Gasteiger charge is -2.30. The minimum Gasteiger partial charge on any atom is -0.459 e. The summed E-state index contributed by atoms with van der Waals surface area (Å²) < 4.78 is 36.2. The van der Waals surface area contributed by atoms with Gasteiger partial charge >= 0.3 is 0 Å². The number of fused-ring (bicyclic) bond motifs is 3. The molecule has 3 fully saturated rings. The number of Topliss-reactive ketones (excluding diaryl/α,β-unsaturated/α-hetero) is 1. The number of carbonyl (C=O) groups excluding carboxylic acids is 4. The normalized spacial score (nSPS) is 27.7. The minimum atomic E-state index is -3.93. The number of benzene rings is 2. The smallest absolute Gasteiger partial charge is 0.297 e. The summed E-state index contributed by atoms with van der Waals surface area (Å²) in [5.74, 6) is -2.15. The Labute approximate surface area is 316 Å². The number of carbonyl (C=O) groups is 4. The number of primary amides is 1. The molecular formula is C40H50N6O7S. The van der Waals surface area contributed by atoms with Gasteiger partial charge in [0.15, 0.2) is 5.78 Å². The molecule has 3 heterocycles. The van der Waals surface area contributed by atoms with E-state index in [1.807, 2.05) is 67.0 Å². The van der Waals surface area contributed by atoms with Gasteiger partial charge in [-0.25, -0.2) is 8.42 Å². The Morgan fingerprint density at radius 3 is 2.50 bits per heavy atom.